The summed E-state index contributed by atoms with van der Waals surface area (Å²) in [5.41, 5.74) is 13.8. The number of rotatable bonds is 50. The van der Waals surface area contributed by atoms with Crippen LogP contribution < -0.4 is 10.6 Å². The topological polar surface area (TPSA) is 296 Å². The Morgan fingerprint density at radius 2 is 0.883 bits per heavy atom. The molecule has 4 aromatic carbocycles. The van der Waals surface area contributed by atoms with Crippen LogP contribution in [0.4, 0.5) is 16.2 Å². The highest BCUT2D eigenvalue weighted by atomic mass is 16.6. The molecule has 7 N–H and O–H groups in total. The van der Waals surface area contributed by atoms with Gasteiger partial charge in [0.1, 0.15) is 37.9 Å². The number of nitrogens with one attached hydrogen (secondary N) is 1. The van der Waals surface area contributed by atoms with E-state index in [2.05, 4.69) is 148 Å². The van der Waals surface area contributed by atoms with Gasteiger partial charge in [-0.3, -0.25) is 33.9 Å². The molecule has 128 heavy (non-hydrogen) atoms. The number of para-hydroxylation sites is 4. The van der Waals surface area contributed by atoms with E-state index in [1.54, 1.807) is 9.80 Å². The first kappa shape index (κ1) is 119. The molecule has 0 unspecified atom stereocenters. The summed E-state index contributed by atoms with van der Waals surface area (Å²) in [4.78, 5) is 76.0. The van der Waals surface area contributed by atoms with Crippen LogP contribution >= 0.6 is 0 Å². The molecule has 1 aromatic heterocycles. The molecule has 3 heterocycles. The number of unbranched alkanes of at least 4 members (excludes halogenated alkanes) is 17. The molecule has 0 spiro atoms. The molecular weight excluding hydrogens is 1620 g/mol. The van der Waals surface area contributed by atoms with Crippen LogP contribution in [0.2, 0.25) is 0 Å². The Morgan fingerprint density at radius 1 is 0.477 bits per heavy atom. The summed E-state index contributed by atoms with van der Waals surface area (Å²) in [5.74, 6) is 1.11. The maximum atomic E-state index is 11.8. The number of hydrogen-bond donors (Lipinski definition) is 6. The summed E-state index contributed by atoms with van der Waals surface area (Å²) < 4.78 is 30.3. The lowest BCUT2D eigenvalue weighted by atomic mass is 9.89. The number of benzene rings is 4. The van der Waals surface area contributed by atoms with Crippen LogP contribution in [0, 0.1) is 5.92 Å². The van der Waals surface area contributed by atoms with Gasteiger partial charge >= 0.3 is 30.0 Å². The van der Waals surface area contributed by atoms with Gasteiger partial charge in [-0.15, -0.1) is 0 Å². The highest BCUT2D eigenvalue weighted by Gasteiger charge is 2.27. The van der Waals surface area contributed by atoms with E-state index >= 15 is 0 Å². The van der Waals surface area contributed by atoms with E-state index in [1.807, 2.05) is 68.1 Å². The number of nitrogen functional groups attached to an aromatic ring is 1. The van der Waals surface area contributed by atoms with Crippen LogP contribution in [-0.4, -0.2) is 261 Å². The number of aliphatic hydroxyl groups is 4. The highest BCUT2D eigenvalue weighted by molar-refractivity contribution is 5.79. The summed E-state index contributed by atoms with van der Waals surface area (Å²) >= 11 is 0. The Morgan fingerprint density at radius 3 is 1.30 bits per heavy atom. The molecule has 3 aliphatic rings. The van der Waals surface area contributed by atoms with Crippen LogP contribution in [0.15, 0.2) is 103 Å². The molecule has 24 heteroatoms. The Labute approximate surface area is 775 Å². The van der Waals surface area contributed by atoms with E-state index in [9.17, 15) is 29.1 Å². The predicted octanol–water partition coefficient (Wildman–Crippen LogP) is 20.3. The van der Waals surface area contributed by atoms with Gasteiger partial charge in [0.25, 0.3) is 0 Å². The molecule has 2 saturated heterocycles. The Balaban J connectivity index is 0.000000740. The van der Waals surface area contributed by atoms with Gasteiger partial charge in [-0.2, -0.15) is 0 Å². The largest absolute Gasteiger partial charge is 0.465 e. The zero-order valence-electron chi connectivity index (χ0n) is 82.8. The molecule has 1 saturated carbocycles. The van der Waals surface area contributed by atoms with Crippen molar-refractivity contribution in [3.05, 3.63) is 114 Å². The summed E-state index contributed by atoms with van der Waals surface area (Å²) in [6.07, 6.45) is 37.3. The molecule has 2 aliphatic heterocycles. The van der Waals surface area contributed by atoms with Gasteiger partial charge in [-0.1, -0.05) is 270 Å². The van der Waals surface area contributed by atoms with Gasteiger partial charge in [0, 0.05) is 123 Å². The van der Waals surface area contributed by atoms with Crippen LogP contribution in [0.1, 0.15) is 313 Å². The maximum Gasteiger partial charge on any atom is 0.410 e. The lowest BCUT2D eigenvalue weighted by molar-refractivity contribution is -0.150. The molecule has 3 fully saturated rings. The van der Waals surface area contributed by atoms with Crippen LogP contribution in [0.25, 0.3) is 22.4 Å². The number of esters is 4. The number of piperidine rings is 1. The van der Waals surface area contributed by atoms with Crippen molar-refractivity contribution in [3.63, 3.8) is 0 Å². The second kappa shape index (κ2) is 78.4. The minimum atomic E-state index is -0.437. The average Bonchev–Trinajstić information content (AvgIpc) is 1.64. The predicted molar refractivity (Wildman–Crippen MR) is 527 cm³/mol. The Hall–Kier alpha value is -7.26. The first-order valence-electron chi connectivity index (χ1n) is 49.4. The van der Waals surface area contributed by atoms with E-state index in [4.69, 9.17) is 49.5 Å². The highest BCUT2D eigenvalue weighted by Crippen LogP contribution is 2.30. The van der Waals surface area contributed by atoms with Crippen LogP contribution in [0.3, 0.4) is 0 Å². The van der Waals surface area contributed by atoms with E-state index in [1.165, 1.54) is 231 Å². The number of imidazole rings is 1. The van der Waals surface area contributed by atoms with Crippen molar-refractivity contribution < 1.29 is 72.8 Å². The number of fused-ring (bicyclic) bond motifs is 1. The first-order chi connectivity index (χ1) is 61.7. The summed E-state index contributed by atoms with van der Waals surface area (Å²) in [6, 6.07) is 35.3. The number of H-pyrrole nitrogens is 1. The lowest BCUT2D eigenvalue weighted by Crippen LogP contribution is -2.42. The quantitative estimate of drug-likeness (QED) is 0.00912. The fourth-order valence-corrected chi connectivity index (χ4v) is 14.7. The molecule has 5 aromatic rings. The van der Waals surface area contributed by atoms with Crippen LogP contribution in [-0.2, 0) is 47.6 Å². The zero-order valence-corrected chi connectivity index (χ0v) is 82.8. The molecule has 0 radical (unpaired) electrons. The van der Waals surface area contributed by atoms with Gasteiger partial charge < -0.3 is 74.3 Å². The number of likely N-dealkylation sites (tertiary alicyclic amines) is 1. The van der Waals surface area contributed by atoms with Crippen molar-refractivity contribution in [2.45, 2.75) is 314 Å². The molecule has 0 bridgehead atoms. The number of nitrogens with two attached hydrogens (primary N) is 1. The molecule has 24 nitrogen and oxygen atoms in total. The van der Waals surface area contributed by atoms with Gasteiger partial charge in [0.05, 0.1) is 56.1 Å². The second-order valence-electron chi connectivity index (χ2n) is 35.3. The lowest BCUT2D eigenvalue weighted by Gasteiger charge is -2.31. The smallest absolute Gasteiger partial charge is 0.410 e. The number of carbonyl (C=O) groups excluding carboxylic acids is 5. The third-order valence-corrected chi connectivity index (χ3v) is 22.2. The molecule has 0 atom stereocenters. The standard InChI is InChI=1S/C24H51N.C14H23N.C13H10N2.C13H23NO3.C12H21NO6.C12H19N.C10H19NO3.C6H15NO3/c1-4-7-10-13-16-19-22-25(23-20-17-14-11-8-5-2)24-21-18-15-12-9-6-3;1-3-5-12-15(13-6-4-2)14-10-8-7-9-11-14;1-2-6-10(7-3-1)13-14-11-8-4-5-9-12(11)15-13;15-13(12-4-2-1-3-5-12)17-11-8-14-6-9-16-10-7-14;1-10(14)17-7-4-13(5-8-18-11(2)15)6-9-19-12(3)16;1-8(2)10-6-5-7-11(9(3)4)12(10)13;1-10(2,3)14-9(13)11-6-4-8(12)5-7-11;8-4-1-7(2-5-9)3-6-10/h4-24H2,1-3H3;7-11H,3-6,12-13H2,1-2H3;1-9H,(H,14,15);12H,1-11H2;4-9H2,1-3H3;5-9H,13H2,1-4H3;8,12H,4-7H2,1-3H3;8-10H,1-6H2. The average molecular weight is 1800 g/mol. The number of nitrogens with zero attached hydrogens (tertiary/aromatic N) is 7. The van der Waals surface area contributed by atoms with E-state index in [0.29, 0.717) is 83.6 Å². The minimum absolute atomic E-state index is 0.0259. The number of ether oxygens (including phenoxy) is 6. The van der Waals surface area contributed by atoms with Crippen molar-refractivity contribution in [1.82, 2.24) is 34.5 Å². The molecule has 1 aliphatic carbocycles. The molecule has 8 rings (SSSR count). The minimum Gasteiger partial charge on any atom is -0.465 e. The fraction of sp³-hybridized carbons (Fsp3) is 0.712. The first-order valence-corrected chi connectivity index (χ1v) is 49.4. The maximum absolute atomic E-state index is 11.8. The van der Waals surface area contributed by atoms with Gasteiger partial charge in [0.15, 0.2) is 0 Å². The number of hydrogen-bond acceptors (Lipinski definition) is 22. The van der Waals surface area contributed by atoms with E-state index in [0.717, 1.165) is 73.8 Å². The van der Waals surface area contributed by atoms with Gasteiger partial charge in [-0.25, -0.2) is 9.78 Å². The monoisotopic (exact) mass is 1800 g/mol. The normalized spacial score (nSPS) is 13.5. The Kier molecular flexibility index (Phi) is 72.7. The molecule has 732 valence electrons. The number of amides is 1. The van der Waals surface area contributed by atoms with Crippen molar-refractivity contribution in [2.24, 2.45) is 5.92 Å². The fourth-order valence-electron chi connectivity index (χ4n) is 14.7. The summed E-state index contributed by atoms with van der Waals surface area (Å²) in [5, 5.41) is 34.7. The zero-order chi connectivity index (χ0) is 94.6. The third-order valence-electron chi connectivity index (χ3n) is 22.2. The summed E-state index contributed by atoms with van der Waals surface area (Å²) in [6.45, 7) is 46.2. The van der Waals surface area contributed by atoms with Gasteiger partial charge in [-0.05, 0) is 145 Å². The number of morpholine rings is 1. The van der Waals surface area contributed by atoms with E-state index < -0.39 is 5.60 Å². The van der Waals surface area contributed by atoms with Gasteiger partial charge in [0.2, 0.25) is 0 Å². The number of anilines is 2. The molecular formula is C104H181N9O15. The number of carbonyl (C=O) groups is 5. The van der Waals surface area contributed by atoms with Crippen molar-refractivity contribution in [2.75, 3.05) is 175 Å². The number of aliphatic hydroxyl groups excluding tert-OH is 4. The molecule has 1 amide bonds. The number of aromatic nitrogens is 2. The second-order valence-corrected chi connectivity index (χ2v) is 35.3. The number of aromatic amines is 1. The van der Waals surface area contributed by atoms with Crippen molar-refractivity contribution >= 4 is 52.4 Å². The summed E-state index contributed by atoms with van der Waals surface area (Å²) in [7, 11) is 0. The van der Waals surface area contributed by atoms with Crippen molar-refractivity contribution in [3.8, 4) is 11.4 Å². The van der Waals surface area contributed by atoms with E-state index in [-0.39, 0.29) is 81.6 Å². The van der Waals surface area contributed by atoms with Crippen LogP contribution in [0.5, 0.6) is 0 Å². The third kappa shape index (κ3) is 62.9. The Bertz CT molecular complexity index is 3290. The van der Waals surface area contributed by atoms with Crippen molar-refractivity contribution in [1.29, 1.82) is 0 Å². The SMILES string of the molecule is CC(=O)OCCN(CCOC(C)=O)CCOC(C)=O.CC(C)(C)OC(=O)N1CCC(O)CC1.CC(C)c1cccc(C(C)C)c1N.CCCCCCCCN(CCCCCCCC)CCCCCCCC.CCCCN(CCCC)c1ccccc1.O=C(OCCN1CCOCC1)C1CCCCC1.OCCN(CCO)CCO.c1ccc(-c2nc3ccccc3[nH]2)cc1.